The van der Waals surface area contributed by atoms with Crippen LogP contribution in [0.5, 0.6) is 0 Å². The molecule has 1 N–H and O–H groups in total. The standard InChI is InChI=1S/C18H20N4O/c1-2-3-15(23)22-9-6-13(11-22)17-16-12(4-7-19-17)10-21-18-14(16)5-8-20-18/h4-5,7-8,10,13,19H,2-3,6,9,11H2,1H3. The normalized spacial score (nSPS) is 18.1. The molecule has 0 aliphatic carbocycles. The van der Waals surface area contributed by atoms with E-state index in [0.29, 0.717) is 12.3 Å². The maximum Gasteiger partial charge on any atom is 0.222 e. The number of likely N-dealkylation sites (tertiary alicyclic amines) is 1. The average Bonchev–Trinajstić information content (AvgIpc) is 3.23. The third kappa shape index (κ3) is 2.36. The molecule has 1 fully saturated rings. The van der Waals surface area contributed by atoms with E-state index in [0.717, 1.165) is 42.4 Å². The molecule has 4 heterocycles. The monoisotopic (exact) mass is 308 g/mol. The van der Waals surface area contributed by atoms with E-state index < -0.39 is 0 Å². The van der Waals surface area contributed by atoms with Crippen LogP contribution in [0.2, 0.25) is 0 Å². The fourth-order valence-corrected chi connectivity index (χ4v) is 3.61. The topological polar surface area (TPSA) is 61.9 Å². The van der Waals surface area contributed by atoms with Gasteiger partial charge in [0, 0.05) is 65.9 Å². The van der Waals surface area contributed by atoms with Crippen molar-refractivity contribution in [3.8, 4) is 0 Å². The van der Waals surface area contributed by atoms with Crippen molar-refractivity contribution in [2.24, 2.45) is 0 Å². The van der Waals surface area contributed by atoms with Crippen LogP contribution in [0, 0.1) is 0 Å². The van der Waals surface area contributed by atoms with E-state index in [4.69, 9.17) is 0 Å². The Morgan fingerprint density at radius 3 is 3.17 bits per heavy atom. The maximum absolute atomic E-state index is 12.2. The first-order valence-electron chi connectivity index (χ1n) is 8.26. The maximum atomic E-state index is 12.2. The third-order valence-corrected chi connectivity index (χ3v) is 4.75. The molecule has 1 saturated heterocycles. The molecule has 118 valence electrons. The van der Waals surface area contributed by atoms with E-state index in [-0.39, 0.29) is 5.91 Å². The van der Waals surface area contributed by atoms with Crippen LogP contribution >= 0.6 is 0 Å². The van der Waals surface area contributed by atoms with Crippen molar-refractivity contribution in [1.82, 2.24) is 19.9 Å². The zero-order valence-electron chi connectivity index (χ0n) is 13.2. The number of aromatic nitrogens is 3. The Balaban J connectivity index is 1.75. The highest BCUT2D eigenvalue weighted by atomic mass is 16.2. The Hall–Kier alpha value is -2.43. The van der Waals surface area contributed by atoms with E-state index in [1.54, 1.807) is 6.20 Å². The zero-order chi connectivity index (χ0) is 15.8. The van der Waals surface area contributed by atoms with Crippen LogP contribution in [-0.4, -0.2) is 38.8 Å². The molecule has 0 radical (unpaired) electrons. The van der Waals surface area contributed by atoms with Gasteiger partial charge in [0.25, 0.3) is 0 Å². The van der Waals surface area contributed by atoms with Gasteiger partial charge in [-0.15, -0.1) is 0 Å². The lowest BCUT2D eigenvalue weighted by molar-refractivity contribution is -0.130. The molecular formula is C18H20N4O. The second kappa shape index (κ2) is 5.65. The fourth-order valence-electron chi connectivity index (χ4n) is 3.61. The first-order valence-corrected chi connectivity index (χ1v) is 8.26. The summed E-state index contributed by atoms with van der Waals surface area (Å²) in [6.07, 6.45) is 8.22. The number of carbonyl (C=O) groups is 1. The molecule has 3 aromatic rings. The average molecular weight is 308 g/mol. The van der Waals surface area contributed by atoms with Crippen LogP contribution in [0.25, 0.3) is 21.8 Å². The molecule has 0 spiro atoms. The highest BCUT2D eigenvalue weighted by molar-refractivity contribution is 6.06. The molecule has 0 saturated carbocycles. The minimum atomic E-state index is 0.275. The van der Waals surface area contributed by atoms with Crippen molar-refractivity contribution in [1.29, 1.82) is 0 Å². The van der Waals surface area contributed by atoms with Crippen LogP contribution in [-0.2, 0) is 4.79 Å². The van der Waals surface area contributed by atoms with Crippen LogP contribution in [0.1, 0.15) is 37.8 Å². The summed E-state index contributed by atoms with van der Waals surface area (Å²) in [5, 5.41) is 3.41. The Bertz CT molecular complexity index is 870. The van der Waals surface area contributed by atoms with Gasteiger partial charge in [-0.1, -0.05) is 6.92 Å². The van der Waals surface area contributed by atoms with Crippen molar-refractivity contribution in [2.45, 2.75) is 32.1 Å². The highest BCUT2D eigenvalue weighted by Gasteiger charge is 2.28. The van der Waals surface area contributed by atoms with E-state index in [1.165, 1.54) is 11.1 Å². The molecule has 0 aromatic carbocycles. The molecule has 1 unspecified atom stereocenters. The van der Waals surface area contributed by atoms with Gasteiger partial charge in [-0.3, -0.25) is 4.79 Å². The van der Waals surface area contributed by atoms with Crippen molar-refractivity contribution >= 4 is 27.7 Å². The molecule has 5 nitrogen and oxygen atoms in total. The number of aromatic amines is 1. The number of H-pyrrole nitrogens is 1. The van der Waals surface area contributed by atoms with Gasteiger partial charge >= 0.3 is 0 Å². The van der Waals surface area contributed by atoms with Gasteiger partial charge in [0.2, 0.25) is 5.91 Å². The van der Waals surface area contributed by atoms with Crippen LogP contribution in [0.3, 0.4) is 0 Å². The summed E-state index contributed by atoms with van der Waals surface area (Å²) in [6, 6.07) is 4.07. The Morgan fingerprint density at radius 1 is 1.39 bits per heavy atom. The number of amides is 1. The molecule has 23 heavy (non-hydrogen) atoms. The van der Waals surface area contributed by atoms with Crippen molar-refractivity contribution in [3.05, 3.63) is 36.4 Å². The molecule has 1 aliphatic heterocycles. The molecule has 1 atom stereocenters. The smallest absolute Gasteiger partial charge is 0.222 e. The number of carbonyl (C=O) groups excluding carboxylic acids is 1. The van der Waals surface area contributed by atoms with E-state index in [1.807, 2.05) is 29.4 Å². The first kappa shape index (κ1) is 14.2. The summed E-state index contributed by atoms with van der Waals surface area (Å²) in [6.45, 7) is 3.70. The lowest BCUT2D eigenvalue weighted by atomic mass is 9.97. The van der Waals surface area contributed by atoms with Gasteiger partial charge in [-0.05, 0) is 25.0 Å². The minimum Gasteiger partial charge on any atom is -0.364 e. The Kier molecular flexibility index (Phi) is 3.48. The predicted octanol–water partition coefficient (Wildman–Crippen LogP) is 3.23. The summed E-state index contributed by atoms with van der Waals surface area (Å²) in [5.41, 5.74) is 1.99. The molecule has 0 bridgehead atoms. The lowest BCUT2D eigenvalue weighted by Gasteiger charge is -2.17. The predicted molar refractivity (Wildman–Crippen MR) is 90.2 cm³/mol. The summed E-state index contributed by atoms with van der Waals surface area (Å²) < 4.78 is 0. The van der Waals surface area contributed by atoms with Gasteiger partial charge < -0.3 is 9.88 Å². The minimum absolute atomic E-state index is 0.275. The van der Waals surface area contributed by atoms with Crippen molar-refractivity contribution in [2.75, 3.05) is 13.1 Å². The van der Waals surface area contributed by atoms with Crippen molar-refractivity contribution < 1.29 is 4.79 Å². The van der Waals surface area contributed by atoms with Gasteiger partial charge in [0.1, 0.15) is 0 Å². The largest absolute Gasteiger partial charge is 0.364 e. The Morgan fingerprint density at radius 2 is 2.30 bits per heavy atom. The number of hydrogen-bond acceptors (Lipinski definition) is 3. The van der Waals surface area contributed by atoms with Gasteiger partial charge in [0.05, 0.1) is 0 Å². The molecule has 1 aliphatic rings. The van der Waals surface area contributed by atoms with Gasteiger partial charge in [-0.25, -0.2) is 9.97 Å². The second-order valence-corrected chi connectivity index (χ2v) is 6.24. The zero-order valence-corrected chi connectivity index (χ0v) is 13.2. The number of pyridine rings is 2. The number of nitrogens with zero attached hydrogens (tertiary/aromatic N) is 3. The molecule has 4 rings (SSSR count). The fraction of sp³-hybridized carbons (Fsp3) is 0.389. The van der Waals surface area contributed by atoms with Crippen LogP contribution < -0.4 is 0 Å². The SMILES string of the molecule is CCCC(=O)N1CCC(c2[nH]ccc3cnc4nccc4c23)C1. The van der Waals surface area contributed by atoms with E-state index >= 15 is 0 Å². The van der Waals surface area contributed by atoms with Crippen molar-refractivity contribution in [3.63, 3.8) is 0 Å². The summed E-state index contributed by atoms with van der Waals surface area (Å²) in [4.78, 5) is 26.3. The van der Waals surface area contributed by atoms with Crippen LogP contribution in [0.15, 0.2) is 30.7 Å². The number of nitrogens with one attached hydrogen (secondary N) is 1. The summed E-state index contributed by atoms with van der Waals surface area (Å²) in [7, 11) is 0. The summed E-state index contributed by atoms with van der Waals surface area (Å²) in [5.74, 6) is 0.622. The molecule has 1 amide bonds. The number of rotatable bonds is 3. The Labute approximate surface area is 134 Å². The second-order valence-electron chi connectivity index (χ2n) is 6.24. The quantitative estimate of drug-likeness (QED) is 0.808. The van der Waals surface area contributed by atoms with E-state index in [2.05, 4.69) is 21.9 Å². The lowest BCUT2D eigenvalue weighted by Crippen LogP contribution is -2.28. The van der Waals surface area contributed by atoms with E-state index in [9.17, 15) is 4.79 Å². The van der Waals surface area contributed by atoms with Gasteiger partial charge in [-0.2, -0.15) is 0 Å². The third-order valence-electron chi connectivity index (χ3n) is 4.75. The highest BCUT2D eigenvalue weighted by Crippen LogP contribution is 2.34. The summed E-state index contributed by atoms with van der Waals surface area (Å²) >= 11 is 0. The number of hydrogen-bond donors (Lipinski definition) is 1. The van der Waals surface area contributed by atoms with Gasteiger partial charge in [0.15, 0.2) is 5.65 Å². The molecule has 3 aromatic heterocycles. The molecular weight excluding hydrogens is 288 g/mol. The first-order chi connectivity index (χ1) is 11.3. The number of fused-ring (bicyclic) bond motifs is 3. The molecule has 5 heteroatoms. The van der Waals surface area contributed by atoms with Crippen LogP contribution in [0.4, 0.5) is 0 Å².